The van der Waals surface area contributed by atoms with Gasteiger partial charge in [0.2, 0.25) is 0 Å². The number of aromatic nitrogens is 1. The molecule has 1 aliphatic rings. The first-order chi connectivity index (χ1) is 8.11. The summed E-state index contributed by atoms with van der Waals surface area (Å²) in [5, 5.41) is 9.04. The number of hydrogen-bond donors (Lipinski definition) is 1. The minimum atomic E-state index is -0.933. The maximum Gasteiger partial charge on any atom is 0.326 e. The smallest absolute Gasteiger partial charge is 0.326 e. The molecule has 5 heteroatoms. The Morgan fingerprint density at radius 2 is 2.29 bits per heavy atom. The fourth-order valence-corrected chi connectivity index (χ4v) is 2.11. The van der Waals surface area contributed by atoms with Crippen LogP contribution in [0.25, 0.3) is 0 Å². The van der Waals surface area contributed by atoms with Crippen LogP contribution < -0.4 is 0 Å². The van der Waals surface area contributed by atoms with E-state index in [0.717, 1.165) is 12.0 Å². The first kappa shape index (κ1) is 11.6. The quantitative estimate of drug-likeness (QED) is 0.831. The number of pyridine rings is 1. The summed E-state index contributed by atoms with van der Waals surface area (Å²) in [5.74, 6) is -1.17. The summed E-state index contributed by atoms with van der Waals surface area (Å²) in [5.41, 5.74) is 1.31. The molecule has 1 aromatic heterocycles. The number of nitrogens with zero attached hydrogens (tertiary/aromatic N) is 2. The van der Waals surface area contributed by atoms with Crippen LogP contribution in [0.2, 0.25) is 0 Å². The molecule has 0 saturated carbocycles. The highest BCUT2D eigenvalue weighted by Crippen LogP contribution is 2.21. The molecule has 1 saturated heterocycles. The number of carbonyl (C=O) groups excluding carboxylic acids is 1. The molecular weight excluding hydrogens is 220 g/mol. The molecule has 2 rings (SSSR count). The van der Waals surface area contributed by atoms with Gasteiger partial charge in [-0.25, -0.2) is 4.79 Å². The minimum absolute atomic E-state index is 0.236. The van der Waals surface area contributed by atoms with Crippen LogP contribution in [0.5, 0.6) is 0 Å². The van der Waals surface area contributed by atoms with Crippen molar-refractivity contribution in [3.63, 3.8) is 0 Å². The summed E-state index contributed by atoms with van der Waals surface area (Å²) >= 11 is 0. The molecule has 0 unspecified atom stereocenters. The molecule has 1 N–H and O–H groups in total. The van der Waals surface area contributed by atoms with E-state index in [-0.39, 0.29) is 5.91 Å². The zero-order valence-corrected chi connectivity index (χ0v) is 9.59. The number of carboxylic acid groups (broad SMARTS) is 1. The lowest BCUT2D eigenvalue weighted by atomic mass is 10.1. The lowest BCUT2D eigenvalue weighted by molar-refractivity contribution is -0.141. The lowest BCUT2D eigenvalue weighted by Gasteiger charge is -2.21. The number of carboxylic acids is 1. The topological polar surface area (TPSA) is 70.5 Å². The standard InChI is InChI=1S/C12H14N2O3/c1-8-4-5-13-7-9(8)11(15)14-6-2-3-10(14)12(16)17/h4-5,7,10H,2-3,6H2,1H3,(H,16,17)/t10-/m0/s1. The number of hydrogen-bond acceptors (Lipinski definition) is 3. The molecule has 1 atom stereocenters. The van der Waals surface area contributed by atoms with Crippen molar-refractivity contribution in [1.29, 1.82) is 0 Å². The highest BCUT2D eigenvalue weighted by molar-refractivity contribution is 5.97. The van der Waals surface area contributed by atoms with Crippen LogP contribution in [0.15, 0.2) is 18.5 Å². The van der Waals surface area contributed by atoms with Gasteiger partial charge in [0.1, 0.15) is 6.04 Å². The van der Waals surface area contributed by atoms with Crippen LogP contribution in [-0.4, -0.2) is 39.5 Å². The van der Waals surface area contributed by atoms with E-state index in [4.69, 9.17) is 5.11 Å². The van der Waals surface area contributed by atoms with E-state index in [2.05, 4.69) is 4.98 Å². The Labute approximate surface area is 99.1 Å². The molecule has 17 heavy (non-hydrogen) atoms. The number of likely N-dealkylation sites (tertiary alicyclic amines) is 1. The third-order valence-electron chi connectivity index (χ3n) is 3.07. The van der Waals surface area contributed by atoms with E-state index in [1.807, 2.05) is 6.92 Å². The van der Waals surface area contributed by atoms with Gasteiger partial charge >= 0.3 is 5.97 Å². The van der Waals surface area contributed by atoms with E-state index in [9.17, 15) is 9.59 Å². The third-order valence-corrected chi connectivity index (χ3v) is 3.07. The van der Waals surface area contributed by atoms with Gasteiger partial charge in [-0.1, -0.05) is 0 Å². The van der Waals surface area contributed by atoms with Crippen molar-refractivity contribution in [3.05, 3.63) is 29.6 Å². The predicted molar refractivity (Wildman–Crippen MR) is 60.7 cm³/mol. The van der Waals surface area contributed by atoms with Crippen molar-refractivity contribution in [2.75, 3.05) is 6.54 Å². The van der Waals surface area contributed by atoms with Crippen LogP contribution in [0.3, 0.4) is 0 Å². The molecule has 5 nitrogen and oxygen atoms in total. The molecule has 1 aliphatic heterocycles. The summed E-state index contributed by atoms with van der Waals surface area (Å²) < 4.78 is 0. The molecule has 0 radical (unpaired) electrons. The Balaban J connectivity index is 2.26. The Bertz CT molecular complexity index is 459. The molecule has 90 valence electrons. The number of rotatable bonds is 2. The average molecular weight is 234 g/mol. The highest BCUT2D eigenvalue weighted by atomic mass is 16.4. The SMILES string of the molecule is Cc1ccncc1C(=O)N1CCC[C@H]1C(=O)O. The lowest BCUT2D eigenvalue weighted by Crippen LogP contribution is -2.40. The van der Waals surface area contributed by atoms with Crippen molar-refractivity contribution < 1.29 is 14.7 Å². The molecule has 0 aromatic carbocycles. The molecule has 1 aromatic rings. The summed E-state index contributed by atoms with van der Waals surface area (Å²) in [6.45, 7) is 2.32. The van der Waals surface area contributed by atoms with Crippen LogP contribution in [0, 0.1) is 6.92 Å². The number of aliphatic carboxylic acids is 1. The van der Waals surface area contributed by atoms with Gasteiger partial charge in [-0.15, -0.1) is 0 Å². The zero-order valence-electron chi connectivity index (χ0n) is 9.59. The Morgan fingerprint density at radius 1 is 1.53 bits per heavy atom. The van der Waals surface area contributed by atoms with Gasteiger partial charge in [-0.2, -0.15) is 0 Å². The van der Waals surface area contributed by atoms with Crippen molar-refractivity contribution in [2.45, 2.75) is 25.8 Å². The number of carbonyl (C=O) groups is 2. The van der Waals surface area contributed by atoms with E-state index >= 15 is 0 Å². The molecule has 0 spiro atoms. The summed E-state index contributed by atoms with van der Waals surface area (Å²) in [6, 6.07) is 1.06. The van der Waals surface area contributed by atoms with Crippen molar-refractivity contribution in [2.24, 2.45) is 0 Å². The largest absolute Gasteiger partial charge is 0.480 e. The van der Waals surface area contributed by atoms with Gasteiger partial charge < -0.3 is 10.0 Å². The molecular formula is C12H14N2O3. The molecule has 2 heterocycles. The van der Waals surface area contributed by atoms with E-state index in [0.29, 0.717) is 18.5 Å². The maximum atomic E-state index is 12.2. The second-order valence-electron chi connectivity index (χ2n) is 4.19. The predicted octanol–water partition coefficient (Wildman–Crippen LogP) is 1.08. The van der Waals surface area contributed by atoms with E-state index in [1.165, 1.54) is 11.1 Å². The summed E-state index contributed by atoms with van der Waals surface area (Å²) in [6.07, 6.45) is 4.38. The van der Waals surface area contributed by atoms with Gasteiger partial charge in [0.05, 0.1) is 5.56 Å². The fourth-order valence-electron chi connectivity index (χ4n) is 2.11. The third kappa shape index (κ3) is 2.13. The summed E-state index contributed by atoms with van der Waals surface area (Å²) in [7, 11) is 0. The minimum Gasteiger partial charge on any atom is -0.480 e. The van der Waals surface area contributed by atoms with Crippen LogP contribution in [0.4, 0.5) is 0 Å². The second kappa shape index (κ2) is 4.53. The highest BCUT2D eigenvalue weighted by Gasteiger charge is 2.34. The van der Waals surface area contributed by atoms with Gasteiger partial charge in [-0.05, 0) is 31.4 Å². The fraction of sp³-hybridized carbons (Fsp3) is 0.417. The van der Waals surface area contributed by atoms with Crippen LogP contribution in [0.1, 0.15) is 28.8 Å². The van der Waals surface area contributed by atoms with Crippen LogP contribution >= 0.6 is 0 Å². The molecule has 1 fully saturated rings. The van der Waals surface area contributed by atoms with Crippen molar-refractivity contribution >= 4 is 11.9 Å². The Hall–Kier alpha value is -1.91. The average Bonchev–Trinajstić information content (AvgIpc) is 2.77. The molecule has 0 aliphatic carbocycles. The second-order valence-corrected chi connectivity index (χ2v) is 4.19. The number of amides is 1. The molecule has 0 bridgehead atoms. The number of aryl methyl sites for hydroxylation is 1. The maximum absolute atomic E-state index is 12.2. The monoisotopic (exact) mass is 234 g/mol. The van der Waals surface area contributed by atoms with Crippen molar-refractivity contribution in [1.82, 2.24) is 9.88 Å². The van der Waals surface area contributed by atoms with E-state index in [1.54, 1.807) is 12.3 Å². The van der Waals surface area contributed by atoms with E-state index < -0.39 is 12.0 Å². The van der Waals surface area contributed by atoms with Crippen molar-refractivity contribution in [3.8, 4) is 0 Å². The van der Waals surface area contributed by atoms with Gasteiger partial charge in [0.15, 0.2) is 0 Å². The molecule has 1 amide bonds. The first-order valence-corrected chi connectivity index (χ1v) is 5.55. The van der Waals surface area contributed by atoms with Crippen LogP contribution in [-0.2, 0) is 4.79 Å². The Morgan fingerprint density at radius 3 is 2.94 bits per heavy atom. The normalized spacial score (nSPS) is 19.4. The van der Waals surface area contributed by atoms with Gasteiger partial charge in [0, 0.05) is 18.9 Å². The zero-order chi connectivity index (χ0) is 12.4. The van der Waals surface area contributed by atoms with Gasteiger partial charge in [-0.3, -0.25) is 9.78 Å². The van der Waals surface area contributed by atoms with Gasteiger partial charge in [0.25, 0.3) is 5.91 Å². The first-order valence-electron chi connectivity index (χ1n) is 5.55. The Kier molecular flexibility index (Phi) is 3.08. The summed E-state index contributed by atoms with van der Waals surface area (Å²) in [4.78, 5) is 28.6.